The second-order valence-electron chi connectivity index (χ2n) is 5.65. The Kier molecular flexibility index (Phi) is 5.66. The summed E-state index contributed by atoms with van der Waals surface area (Å²) in [6.45, 7) is 3.81. The summed E-state index contributed by atoms with van der Waals surface area (Å²) >= 11 is 0. The molecule has 1 aromatic carbocycles. The highest BCUT2D eigenvalue weighted by Crippen LogP contribution is 2.20. The minimum Gasteiger partial charge on any atom is -0.382 e. The van der Waals surface area contributed by atoms with E-state index < -0.39 is 18.8 Å². The molecular formula is C15H22F3N3O. The van der Waals surface area contributed by atoms with Crippen LogP contribution in [-0.4, -0.2) is 62.1 Å². The van der Waals surface area contributed by atoms with Gasteiger partial charge in [0.05, 0.1) is 0 Å². The first-order valence-electron chi connectivity index (χ1n) is 7.34. The zero-order valence-corrected chi connectivity index (χ0v) is 12.6. The van der Waals surface area contributed by atoms with Crippen LogP contribution in [-0.2, 0) is 6.54 Å². The minimum absolute atomic E-state index is 0.302. The fraction of sp³-hybridized carbons (Fsp3) is 0.600. The highest BCUT2D eigenvalue weighted by molar-refractivity contribution is 5.48. The van der Waals surface area contributed by atoms with Gasteiger partial charge in [-0.15, -0.1) is 0 Å². The molecule has 0 aromatic heterocycles. The van der Waals surface area contributed by atoms with Crippen LogP contribution in [0, 0.1) is 0 Å². The Bertz CT molecular complexity index is 456. The van der Waals surface area contributed by atoms with Crippen LogP contribution in [0.5, 0.6) is 0 Å². The topological polar surface area (TPSA) is 38.7 Å². The molecule has 1 heterocycles. The number of rotatable bonds is 5. The zero-order chi connectivity index (χ0) is 16.2. The Labute approximate surface area is 128 Å². The van der Waals surface area contributed by atoms with Crippen LogP contribution < -0.4 is 10.2 Å². The molecule has 7 heteroatoms. The van der Waals surface area contributed by atoms with Gasteiger partial charge < -0.3 is 20.2 Å². The van der Waals surface area contributed by atoms with E-state index in [1.807, 2.05) is 24.3 Å². The van der Waals surface area contributed by atoms with Crippen molar-refractivity contribution in [1.82, 2.24) is 10.2 Å². The summed E-state index contributed by atoms with van der Waals surface area (Å²) in [5.74, 6) is 0. The summed E-state index contributed by atoms with van der Waals surface area (Å²) in [5, 5.41) is 11.5. The second kappa shape index (κ2) is 7.30. The Morgan fingerprint density at radius 3 is 2.27 bits per heavy atom. The monoisotopic (exact) mass is 317 g/mol. The highest BCUT2D eigenvalue weighted by Gasteiger charge is 2.37. The molecule has 2 rings (SSSR count). The van der Waals surface area contributed by atoms with Crippen molar-refractivity contribution in [1.29, 1.82) is 0 Å². The summed E-state index contributed by atoms with van der Waals surface area (Å²) in [6, 6.07) is 7.78. The number of piperazine rings is 1. The van der Waals surface area contributed by atoms with Gasteiger partial charge in [0.15, 0.2) is 6.10 Å². The third kappa shape index (κ3) is 4.86. The number of alkyl halides is 3. The Morgan fingerprint density at radius 2 is 1.73 bits per heavy atom. The summed E-state index contributed by atoms with van der Waals surface area (Å²) < 4.78 is 36.5. The molecule has 0 bridgehead atoms. The van der Waals surface area contributed by atoms with Gasteiger partial charge in [0.2, 0.25) is 0 Å². The van der Waals surface area contributed by atoms with E-state index in [9.17, 15) is 13.2 Å². The van der Waals surface area contributed by atoms with Crippen molar-refractivity contribution in [2.75, 3.05) is 44.7 Å². The lowest BCUT2D eigenvalue weighted by molar-refractivity contribution is -0.201. The maximum atomic E-state index is 12.2. The number of likely N-dealkylation sites (N-methyl/N-ethyl adjacent to an activating group) is 1. The van der Waals surface area contributed by atoms with E-state index in [4.69, 9.17) is 5.11 Å². The smallest absolute Gasteiger partial charge is 0.382 e. The number of hydrogen-bond acceptors (Lipinski definition) is 4. The average molecular weight is 317 g/mol. The number of halogens is 3. The van der Waals surface area contributed by atoms with Crippen LogP contribution in [0.4, 0.5) is 18.9 Å². The molecule has 0 aliphatic carbocycles. The zero-order valence-electron chi connectivity index (χ0n) is 12.6. The first-order valence-corrected chi connectivity index (χ1v) is 7.34. The van der Waals surface area contributed by atoms with Crippen LogP contribution in [0.3, 0.4) is 0 Å². The van der Waals surface area contributed by atoms with E-state index in [1.54, 1.807) is 0 Å². The molecular weight excluding hydrogens is 295 g/mol. The second-order valence-corrected chi connectivity index (χ2v) is 5.65. The van der Waals surface area contributed by atoms with Gasteiger partial charge in [-0.25, -0.2) is 0 Å². The standard InChI is InChI=1S/C15H22F3N3O/c1-20-6-8-21(9-7-20)13-4-2-12(3-5-13)10-19-11-14(22)15(16,17)18/h2-5,14,19,22H,6-11H2,1H3. The summed E-state index contributed by atoms with van der Waals surface area (Å²) in [7, 11) is 2.10. The number of aliphatic hydroxyl groups is 1. The third-order valence-electron chi connectivity index (χ3n) is 3.85. The van der Waals surface area contributed by atoms with Crippen molar-refractivity contribution < 1.29 is 18.3 Å². The highest BCUT2D eigenvalue weighted by atomic mass is 19.4. The molecule has 1 aromatic rings. The average Bonchev–Trinajstić information content (AvgIpc) is 2.48. The molecule has 1 unspecified atom stereocenters. The predicted octanol–water partition coefficient (Wildman–Crippen LogP) is 1.45. The minimum atomic E-state index is -4.57. The Balaban J connectivity index is 1.80. The third-order valence-corrected chi connectivity index (χ3v) is 3.85. The maximum Gasteiger partial charge on any atom is 0.415 e. The van der Waals surface area contributed by atoms with Crippen LogP contribution in [0.1, 0.15) is 5.56 Å². The lowest BCUT2D eigenvalue weighted by Crippen LogP contribution is -2.44. The van der Waals surface area contributed by atoms with Gasteiger partial charge >= 0.3 is 6.18 Å². The van der Waals surface area contributed by atoms with E-state index in [-0.39, 0.29) is 0 Å². The molecule has 1 aliphatic heterocycles. The van der Waals surface area contributed by atoms with Gasteiger partial charge in [-0.3, -0.25) is 0 Å². The number of nitrogens with one attached hydrogen (secondary N) is 1. The fourth-order valence-corrected chi connectivity index (χ4v) is 2.36. The number of hydrogen-bond donors (Lipinski definition) is 2. The summed E-state index contributed by atoms with van der Waals surface area (Å²) in [4.78, 5) is 4.57. The van der Waals surface area contributed by atoms with Crippen molar-refractivity contribution in [3.05, 3.63) is 29.8 Å². The molecule has 22 heavy (non-hydrogen) atoms. The molecule has 0 spiro atoms. The van der Waals surface area contributed by atoms with Crippen LogP contribution in [0.25, 0.3) is 0 Å². The number of benzene rings is 1. The van der Waals surface area contributed by atoms with E-state index >= 15 is 0 Å². The Hall–Kier alpha value is -1.31. The quantitative estimate of drug-likeness (QED) is 0.862. The predicted molar refractivity (Wildman–Crippen MR) is 79.9 cm³/mol. The van der Waals surface area contributed by atoms with E-state index in [2.05, 4.69) is 22.2 Å². The van der Waals surface area contributed by atoms with Gasteiger partial charge in [0, 0.05) is 45.0 Å². The van der Waals surface area contributed by atoms with Gasteiger partial charge in [-0.2, -0.15) is 13.2 Å². The molecule has 124 valence electrons. The summed E-state index contributed by atoms with van der Waals surface area (Å²) in [5.41, 5.74) is 2.03. The SMILES string of the molecule is CN1CCN(c2ccc(CNCC(O)C(F)(F)F)cc2)CC1. The van der Waals surface area contributed by atoms with Gasteiger partial charge in [0.25, 0.3) is 0 Å². The van der Waals surface area contributed by atoms with Crippen molar-refractivity contribution >= 4 is 5.69 Å². The van der Waals surface area contributed by atoms with E-state index in [0.29, 0.717) is 6.54 Å². The van der Waals surface area contributed by atoms with Gasteiger partial charge in [0.1, 0.15) is 0 Å². The largest absolute Gasteiger partial charge is 0.415 e. The van der Waals surface area contributed by atoms with E-state index in [0.717, 1.165) is 37.4 Å². The molecule has 0 saturated carbocycles. The first kappa shape index (κ1) is 17.1. The lowest BCUT2D eigenvalue weighted by atomic mass is 10.1. The molecule has 1 fully saturated rings. The van der Waals surface area contributed by atoms with Crippen molar-refractivity contribution in [3.63, 3.8) is 0 Å². The first-order chi connectivity index (χ1) is 10.4. The normalized spacial score (nSPS) is 18.5. The lowest BCUT2D eigenvalue weighted by Gasteiger charge is -2.34. The Morgan fingerprint density at radius 1 is 1.14 bits per heavy atom. The molecule has 1 aliphatic rings. The molecule has 0 radical (unpaired) electrons. The number of aliphatic hydroxyl groups excluding tert-OH is 1. The summed E-state index contributed by atoms with van der Waals surface area (Å²) in [6.07, 6.45) is -6.89. The molecule has 0 amide bonds. The molecule has 2 N–H and O–H groups in total. The van der Waals surface area contributed by atoms with Gasteiger partial charge in [-0.05, 0) is 24.7 Å². The van der Waals surface area contributed by atoms with Crippen molar-refractivity contribution in [2.45, 2.75) is 18.8 Å². The van der Waals surface area contributed by atoms with Crippen LogP contribution >= 0.6 is 0 Å². The van der Waals surface area contributed by atoms with Crippen molar-refractivity contribution in [3.8, 4) is 0 Å². The number of nitrogens with zero attached hydrogens (tertiary/aromatic N) is 2. The van der Waals surface area contributed by atoms with Gasteiger partial charge in [-0.1, -0.05) is 12.1 Å². The van der Waals surface area contributed by atoms with E-state index in [1.165, 1.54) is 0 Å². The molecule has 4 nitrogen and oxygen atoms in total. The fourth-order valence-electron chi connectivity index (χ4n) is 2.36. The van der Waals surface area contributed by atoms with Crippen molar-refractivity contribution in [2.24, 2.45) is 0 Å². The maximum absolute atomic E-state index is 12.2. The van der Waals surface area contributed by atoms with Crippen LogP contribution in [0.15, 0.2) is 24.3 Å². The molecule has 1 saturated heterocycles. The molecule has 1 atom stereocenters. The van der Waals surface area contributed by atoms with Crippen LogP contribution in [0.2, 0.25) is 0 Å². The number of anilines is 1.